The molecule has 3 aromatic rings. The van der Waals surface area contributed by atoms with Crippen LogP contribution in [0.2, 0.25) is 5.02 Å². The van der Waals surface area contributed by atoms with Gasteiger partial charge in [0.15, 0.2) is 11.6 Å². The van der Waals surface area contributed by atoms with Crippen molar-refractivity contribution in [1.82, 2.24) is 9.55 Å². The minimum Gasteiger partial charge on any atom is -0.495 e. The molecular formula is C17H14ClF2N3O3. The number of imidazole rings is 1. The van der Waals surface area contributed by atoms with Crippen LogP contribution >= 0.6 is 11.6 Å². The van der Waals surface area contributed by atoms with Crippen molar-refractivity contribution in [3.63, 3.8) is 0 Å². The third-order valence-electron chi connectivity index (χ3n) is 3.73. The van der Waals surface area contributed by atoms with Gasteiger partial charge in [-0.1, -0.05) is 11.6 Å². The van der Waals surface area contributed by atoms with Crippen LogP contribution in [-0.2, 0) is 11.3 Å². The first-order valence-electron chi connectivity index (χ1n) is 7.44. The number of anilines is 1. The van der Waals surface area contributed by atoms with Gasteiger partial charge in [-0.2, -0.15) is 0 Å². The number of methoxy groups -OCH3 is 2. The molecule has 1 aromatic heterocycles. The van der Waals surface area contributed by atoms with Crippen LogP contribution in [0.5, 0.6) is 11.5 Å². The van der Waals surface area contributed by atoms with Crippen molar-refractivity contribution in [2.75, 3.05) is 19.5 Å². The molecule has 0 saturated heterocycles. The fourth-order valence-corrected chi connectivity index (χ4v) is 2.71. The van der Waals surface area contributed by atoms with Crippen molar-refractivity contribution in [1.29, 1.82) is 0 Å². The molecule has 0 radical (unpaired) electrons. The smallest absolute Gasteiger partial charge is 0.244 e. The Morgan fingerprint density at radius 3 is 2.54 bits per heavy atom. The Hall–Kier alpha value is -2.87. The Balaban J connectivity index is 1.85. The van der Waals surface area contributed by atoms with E-state index in [9.17, 15) is 13.6 Å². The molecule has 136 valence electrons. The predicted molar refractivity (Wildman–Crippen MR) is 92.8 cm³/mol. The first-order chi connectivity index (χ1) is 12.4. The maximum atomic E-state index is 13.5. The number of benzene rings is 2. The SMILES string of the molecule is COc1cc(NC(=O)Cn2cnc3cc(F)c(F)cc32)c(OC)cc1Cl. The quantitative estimate of drug-likeness (QED) is 0.733. The first kappa shape index (κ1) is 17.9. The second kappa shape index (κ2) is 7.17. The molecule has 0 saturated carbocycles. The average Bonchev–Trinajstić information content (AvgIpc) is 2.98. The van der Waals surface area contributed by atoms with E-state index in [1.807, 2.05) is 0 Å². The molecule has 1 amide bonds. The van der Waals surface area contributed by atoms with Crippen molar-refractivity contribution in [2.24, 2.45) is 0 Å². The van der Waals surface area contributed by atoms with Gasteiger partial charge in [0.1, 0.15) is 18.0 Å². The largest absolute Gasteiger partial charge is 0.495 e. The maximum absolute atomic E-state index is 13.5. The minimum atomic E-state index is -1.01. The lowest BCUT2D eigenvalue weighted by molar-refractivity contribution is -0.116. The summed E-state index contributed by atoms with van der Waals surface area (Å²) in [4.78, 5) is 16.3. The van der Waals surface area contributed by atoms with E-state index in [0.717, 1.165) is 12.1 Å². The van der Waals surface area contributed by atoms with Crippen LogP contribution in [-0.4, -0.2) is 29.7 Å². The lowest BCUT2D eigenvalue weighted by Crippen LogP contribution is -2.18. The van der Waals surface area contributed by atoms with Crippen molar-refractivity contribution >= 4 is 34.2 Å². The van der Waals surface area contributed by atoms with Crippen LogP contribution in [0.25, 0.3) is 11.0 Å². The number of rotatable bonds is 5. The molecule has 1 N–H and O–H groups in total. The summed E-state index contributed by atoms with van der Waals surface area (Å²) in [6, 6.07) is 5.02. The van der Waals surface area contributed by atoms with E-state index in [1.165, 1.54) is 37.2 Å². The summed E-state index contributed by atoms with van der Waals surface area (Å²) >= 11 is 6.03. The number of ether oxygens (including phenoxy) is 2. The van der Waals surface area contributed by atoms with Gasteiger partial charge in [0.2, 0.25) is 5.91 Å². The molecule has 0 fully saturated rings. The number of nitrogens with zero attached hydrogens (tertiary/aromatic N) is 2. The van der Waals surface area contributed by atoms with Crippen molar-refractivity contribution in [3.05, 3.63) is 47.2 Å². The highest BCUT2D eigenvalue weighted by Gasteiger charge is 2.15. The lowest BCUT2D eigenvalue weighted by atomic mass is 10.2. The van der Waals surface area contributed by atoms with Crippen molar-refractivity contribution < 1.29 is 23.0 Å². The highest BCUT2D eigenvalue weighted by Crippen LogP contribution is 2.35. The second-order valence-electron chi connectivity index (χ2n) is 5.36. The van der Waals surface area contributed by atoms with E-state index in [-0.39, 0.29) is 12.1 Å². The van der Waals surface area contributed by atoms with Gasteiger partial charge in [-0.05, 0) is 0 Å². The number of halogens is 3. The van der Waals surface area contributed by atoms with Gasteiger partial charge in [-0.3, -0.25) is 4.79 Å². The van der Waals surface area contributed by atoms with Gasteiger partial charge in [0, 0.05) is 24.3 Å². The molecule has 26 heavy (non-hydrogen) atoms. The highest BCUT2D eigenvalue weighted by atomic mass is 35.5. The summed E-state index contributed by atoms with van der Waals surface area (Å²) in [6.45, 7) is -0.157. The summed E-state index contributed by atoms with van der Waals surface area (Å²) in [6.07, 6.45) is 1.34. The zero-order valence-corrected chi connectivity index (χ0v) is 14.6. The molecule has 0 atom stereocenters. The molecule has 0 aliphatic heterocycles. The lowest BCUT2D eigenvalue weighted by Gasteiger charge is -2.13. The summed E-state index contributed by atoms with van der Waals surface area (Å²) in [7, 11) is 2.89. The summed E-state index contributed by atoms with van der Waals surface area (Å²) in [5.41, 5.74) is 0.919. The van der Waals surface area contributed by atoms with E-state index in [4.69, 9.17) is 21.1 Å². The average molecular weight is 382 g/mol. The minimum absolute atomic E-state index is 0.157. The van der Waals surface area contributed by atoms with Crippen LogP contribution in [0.4, 0.5) is 14.5 Å². The summed E-state index contributed by atoms with van der Waals surface area (Å²) in [5, 5.41) is 3.01. The zero-order valence-electron chi connectivity index (χ0n) is 13.8. The van der Waals surface area contributed by atoms with E-state index < -0.39 is 17.5 Å². The molecule has 2 aromatic carbocycles. The van der Waals surface area contributed by atoms with Gasteiger partial charge in [-0.25, -0.2) is 13.8 Å². The van der Waals surface area contributed by atoms with Crippen LogP contribution < -0.4 is 14.8 Å². The van der Waals surface area contributed by atoms with Crippen LogP contribution in [0.1, 0.15) is 0 Å². The normalized spacial score (nSPS) is 10.8. The van der Waals surface area contributed by atoms with Crippen LogP contribution in [0.3, 0.4) is 0 Å². The molecule has 0 unspecified atom stereocenters. The number of hydrogen-bond donors (Lipinski definition) is 1. The van der Waals surface area contributed by atoms with Crippen molar-refractivity contribution in [3.8, 4) is 11.5 Å². The Labute approximate surface area is 152 Å². The third kappa shape index (κ3) is 3.41. The number of fused-ring (bicyclic) bond motifs is 1. The number of amides is 1. The second-order valence-corrected chi connectivity index (χ2v) is 5.77. The number of carbonyl (C=O) groups is 1. The number of nitrogens with one attached hydrogen (secondary N) is 1. The molecule has 0 aliphatic rings. The van der Waals surface area contributed by atoms with E-state index in [1.54, 1.807) is 0 Å². The van der Waals surface area contributed by atoms with Crippen LogP contribution in [0.15, 0.2) is 30.6 Å². The molecule has 0 spiro atoms. The van der Waals surface area contributed by atoms with Gasteiger partial charge < -0.3 is 19.4 Å². The molecular weight excluding hydrogens is 368 g/mol. The first-order valence-corrected chi connectivity index (χ1v) is 7.82. The topological polar surface area (TPSA) is 65.4 Å². The number of aromatic nitrogens is 2. The van der Waals surface area contributed by atoms with E-state index in [2.05, 4.69) is 10.3 Å². The highest BCUT2D eigenvalue weighted by molar-refractivity contribution is 6.32. The van der Waals surface area contributed by atoms with Gasteiger partial charge in [0.05, 0.1) is 42.3 Å². The number of hydrogen-bond acceptors (Lipinski definition) is 4. The molecule has 9 heteroatoms. The fourth-order valence-electron chi connectivity index (χ4n) is 2.48. The van der Waals surface area contributed by atoms with Crippen LogP contribution in [0, 0.1) is 11.6 Å². The Morgan fingerprint density at radius 1 is 1.15 bits per heavy atom. The third-order valence-corrected chi connectivity index (χ3v) is 4.02. The van der Waals surface area contributed by atoms with E-state index in [0.29, 0.717) is 27.7 Å². The number of carbonyl (C=O) groups excluding carboxylic acids is 1. The predicted octanol–water partition coefficient (Wildman–Crippen LogP) is 3.62. The molecule has 0 aliphatic carbocycles. The monoisotopic (exact) mass is 381 g/mol. The standard InChI is InChI=1S/C17H14ClF2N3O3/c1-25-15-6-13(16(26-2)3-9(15)18)22-17(24)7-23-8-21-12-4-10(19)11(20)5-14(12)23/h3-6,8H,7H2,1-2H3,(H,22,24). The maximum Gasteiger partial charge on any atom is 0.244 e. The van der Waals surface area contributed by atoms with E-state index >= 15 is 0 Å². The Kier molecular flexibility index (Phi) is 4.94. The van der Waals surface area contributed by atoms with Gasteiger partial charge >= 0.3 is 0 Å². The molecule has 6 nitrogen and oxygen atoms in total. The summed E-state index contributed by atoms with van der Waals surface area (Å²) < 4.78 is 38.4. The summed E-state index contributed by atoms with van der Waals surface area (Å²) in [5.74, 6) is -1.70. The van der Waals surface area contributed by atoms with Gasteiger partial charge in [-0.15, -0.1) is 0 Å². The molecule has 3 rings (SSSR count). The van der Waals surface area contributed by atoms with Crippen molar-refractivity contribution in [2.45, 2.75) is 6.54 Å². The Bertz CT molecular complexity index is 991. The van der Waals surface area contributed by atoms with Gasteiger partial charge in [0.25, 0.3) is 0 Å². The Morgan fingerprint density at radius 2 is 1.85 bits per heavy atom. The zero-order chi connectivity index (χ0) is 18.8. The molecule has 1 heterocycles. The molecule has 0 bridgehead atoms. The fraction of sp³-hybridized carbons (Fsp3) is 0.176.